The van der Waals surface area contributed by atoms with Crippen molar-refractivity contribution in [2.45, 2.75) is 84.9 Å². The third-order valence-corrected chi connectivity index (χ3v) is 3.48. The lowest BCUT2D eigenvalue weighted by Gasteiger charge is -2.40. The Morgan fingerprint density at radius 1 is 1.05 bits per heavy atom. The van der Waals surface area contributed by atoms with E-state index < -0.39 is 0 Å². The van der Waals surface area contributed by atoms with Crippen molar-refractivity contribution in [3.05, 3.63) is 0 Å². The van der Waals surface area contributed by atoms with Crippen molar-refractivity contribution >= 4 is 11.8 Å². The molecule has 0 aromatic heterocycles. The lowest BCUT2D eigenvalue weighted by atomic mass is 9.97. The average Bonchev–Trinajstić information content (AvgIpc) is 2.44. The normalized spacial score (nSPS) is 24.3. The molecule has 19 heavy (non-hydrogen) atoms. The van der Waals surface area contributed by atoms with Crippen molar-refractivity contribution in [3.63, 3.8) is 0 Å². The van der Waals surface area contributed by atoms with Gasteiger partial charge in [0.1, 0.15) is 0 Å². The lowest BCUT2D eigenvalue weighted by Crippen LogP contribution is -2.46. The van der Waals surface area contributed by atoms with E-state index in [0.717, 1.165) is 11.7 Å². The lowest BCUT2D eigenvalue weighted by molar-refractivity contribution is 0.400. The third-order valence-electron chi connectivity index (χ3n) is 2.04. The maximum Gasteiger partial charge on any atom is 0.0549 e. The van der Waals surface area contributed by atoms with E-state index in [1.165, 1.54) is 13.5 Å². The Balaban J connectivity index is -0.000000106. The smallest absolute Gasteiger partial charge is 0.0549 e. The number of thioether (sulfide) groups is 1. The molecule has 0 saturated carbocycles. The van der Waals surface area contributed by atoms with E-state index >= 15 is 0 Å². The second kappa shape index (κ2) is 23.3. The largest absolute Gasteiger partial charge is 0.333 e. The quantitative estimate of drug-likeness (QED) is 0.724. The van der Waals surface area contributed by atoms with Crippen LogP contribution in [0.25, 0.3) is 0 Å². The minimum atomic E-state index is 0.305. The molecule has 0 radical (unpaired) electrons. The minimum Gasteiger partial charge on any atom is -0.333 e. The molecule has 1 saturated heterocycles. The fourth-order valence-corrected chi connectivity index (χ4v) is 2.64. The zero-order chi connectivity index (χ0) is 16.4. The van der Waals surface area contributed by atoms with E-state index in [0.29, 0.717) is 17.3 Å². The van der Waals surface area contributed by atoms with Gasteiger partial charge in [0.25, 0.3) is 0 Å². The van der Waals surface area contributed by atoms with Crippen molar-refractivity contribution in [2.75, 3.05) is 7.05 Å². The highest BCUT2D eigenvalue weighted by Gasteiger charge is 2.36. The van der Waals surface area contributed by atoms with Gasteiger partial charge in [0.15, 0.2) is 0 Å². The second-order valence-electron chi connectivity index (χ2n) is 3.89. The Kier molecular flexibility index (Phi) is 33.8. The monoisotopic (exact) mass is 295 g/mol. The van der Waals surface area contributed by atoms with Crippen LogP contribution in [0.2, 0.25) is 0 Å². The minimum absolute atomic E-state index is 0.305. The molecule has 0 spiro atoms. The molecule has 1 aliphatic heterocycles. The standard InChI is InChI=1S/C7H16N2S.C3H8.2C2H6.CH5N/c1-4(8)3-6-5(2)10-7(6)9;1-3-2;3*1-2/h4-7H,3,8-9H2,1-2H3;3H2,1-2H3;2*1-2H3;2H2,1H3. The first kappa shape index (κ1) is 27.6. The first-order valence-electron chi connectivity index (χ1n) is 7.77. The summed E-state index contributed by atoms with van der Waals surface area (Å²) in [5.41, 5.74) is 15.9. The van der Waals surface area contributed by atoms with E-state index in [1.807, 2.05) is 46.4 Å². The zero-order valence-corrected chi connectivity index (χ0v) is 15.7. The van der Waals surface area contributed by atoms with Crippen LogP contribution in [0.15, 0.2) is 0 Å². The summed E-state index contributed by atoms with van der Waals surface area (Å²) in [5, 5.41) is 1.07. The molecule has 1 rings (SSSR count). The van der Waals surface area contributed by atoms with E-state index in [-0.39, 0.29) is 0 Å². The van der Waals surface area contributed by atoms with Crippen LogP contribution >= 0.6 is 11.8 Å². The molecule has 0 amide bonds. The fraction of sp³-hybridized carbons (Fsp3) is 1.00. The molecule has 4 unspecified atom stereocenters. The van der Waals surface area contributed by atoms with Gasteiger partial charge in [-0.05, 0) is 26.3 Å². The molecular weight excluding hydrogens is 254 g/mol. The fourth-order valence-electron chi connectivity index (χ4n) is 1.38. The number of hydrogen-bond donors (Lipinski definition) is 3. The second-order valence-corrected chi connectivity index (χ2v) is 5.45. The van der Waals surface area contributed by atoms with Crippen LogP contribution < -0.4 is 17.2 Å². The Hall–Kier alpha value is 0.230. The molecule has 4 atom stereocenters. The molecule has 1 fully saturated rings. The van der Waals surface area contributed by atoms with Gasteiger partial charge in [0.2, 0.25) is 0 Å². The zero-order valence-electron chi connectivity index (χ0n) is 14.9. The van der Waals surface area contributed by atoms with Crippen molar-refractivity contribution in [2.24, 2.45) is 23.1 Å². The molecule has 6 N–H and O–H groups in total. The summed E-state index contributed by atoms with van der Waals surface area (Å²) in [6.45, 7) is 16.5. The van der Waals surface area contributed by atoms with Gasteiger partial charge in [-0.15, -0.1) is 11.8 Å². The van der Waals surface area contributed by atoms with E-state index in [9.17, 15) is 0 Å². The van der Waals surface area contributed by atoms with Crippen LogP contribution in [0.5, 0.6) is 0 Å². The van der Waals surface area contributed by atoms with E-state index in [2.05, 4.69) is 26.5 Å². The molecule has 0 bridgehead atoms. The summed E-state index contributed by atoms with van der Waals surface area (Å²) in [7, 11) is 1.50. The molecular formula is C15H41N3S. The molecule has 1 aliphatic rings. The van der Waals surface area contributed by atoms with Crippen LogP contribution in [-0.4, -0.2) is 23.7 Å². The number of hydrogen-bond acceptors (Lipinski definition) is 4. The summed E-state index contributed by atoms with van der Waals surface area (Å²) in [4.78, 5) is 0. The van der Waals surface area contributed by atoms with Crippen molar-refractivity contribution in [1.82, 2.24) is 0 Å². The highest BCUT2D eigenvalue weighted by molar-refractivity contribution is 8.01. The van der Waals surface area contributed by atoms with Gasteiger partial charge in [0, 0.05) is 11.3 Å². The average molecular weight is 296 g/mol. The first-order chi connectivity index (χ1) is 9.02. The van der Waals surface area contributed by atoms with Crippen LogP contribution in [0.4, 0.5) is 0 Å². The highest BCUT2D eigenvalue weighted by Crippen LogP contribution is 2.41. The van der Waals surface area contributed by atoms with Crippen LogP contribution in [0, 0.1) is 5.92 Å². The number of nitrogens with two attached hydrogens (primary N) is 3. The predicted molar refractivity (Wildman–Crippen MR) is 95.6 cm³/mol. The summed E-state index contributed by atoms with van der Waals surface area (Å²) in [5.74, 6) is 0.657. The van der Waals surface area contributed by atoms with E-state index in [4.69, 9.17) is 11.5 Å². The predicted octanol–water partition coefficient (Wildman–Crippen LogP) is 3.80. The molecule has 4 heteroatoms. The van der Waals surface area contributed by atoms with Crippen molar-refractivity contribution in [1.29, 1.82) is 0 Å². The molecule has 0 aromatic carbocycles. The van der Waals surface area contributed by atoms with Crippen molar-refractivity contribution in [3.8, 4) is 0 Å². The van der Waals surface area contributed by atoms with Gasteiger partial charge in [-0.3, -0.25) is 0 Å². The third kappa shape index (κ3) is 18.2. The summed E-state index contributed by atoms with van der Waals surface area (Å²) >= 11 is 1.86. The van der Waals surface area contributed by atoms with Gasteiger partial charge in [-0.25, -0.2) is 0 Å². The van der Waals surface area contributed by atoms with Crippen molar-refractivity contribution < 1.29 is 0 Å². The molecule has 122 valence electrons. The molecule has 0 aromatic rings. The van der Waals surface area contributed by atoms with Crippen LogP contribution in [-0.2, 0) is 0 Å². The highest BCUT2D eigenvalue weighted by atomic mass is 32.2. The summed E-state index contributed by atoms with van der Waals surface area (Å²) in [6, 6.07) is 0.305. The topological polar surface area (TPSA) is 78.1 Å². The Labute approximate surface area is 127 Å². The summed E-state index contributed by atoms with van der Waals surface area (Å²) in [6.07, 6.45) is 2.33. The maximum absolute atomic E-state index is 5.77. The van der Waals surface area contributed by atoms with Crippen LogP contribution in [0.3, 0.4) is 0 Å². The molecule has 0 aliphatic carbocycles. The van der Waals surface area contributed by atoms with Gasteiger partial charge < -0.3 is 17.2 Å². The van der Waals surface area contributed by atoms with Crippen LogP contribution in [0.1, 0.15) is 68.2 Å². The van der Waals surface area contributed by atoms with Gasteiger partial charge in [-0.2, -0.15) is 0 Å². The molecule has 3 nitrogen and oxygen atoms in total. The first-order valence-corrected chi connectivity index (χ1v) is 8.71. The Morgan fingerprint density at radius 2 is 1.37 bits per heavy atom. The van der Waals surface area contributed by atoms with Gasteiger partial charge in [-0.1, -0.05) is 54.9 Å². The van der Waals surface area contributed by atoms with Gasteiger partial charge >= 0.3 is 0 Å². The Morgan fingerprint density at radius 3 is 1.47 bits per heavy atom. The van der Waals surface area contributed by atoms with E-state index in [1.54, 1.807) is 0 Å². The maximum atomic E-state index is 5.77. The number of rotatable bonds is 2. The SMILES string of the molecule is CC.CC.CC(N)CC1C(C)SC1N.CCC.CN. The Bertz CT molecular complexity index is 125. The summed E-state index contributed by atoms with van der Waals surface area (Å²) < 4.78 is 0. The molecule has 1 heterocycles. The van der Waals surface area contributed by atoms with Gasteiger partial charge in [0.05, 0.1) is 5.37 Å².